The topological polar surface area (TPSA) is 113 Å². The summed E-state index contributed by atoms with van der Waals surface area (Å²) in [6, 6.07) is 2.93. The molecule has 198 valence electrons. The molecule has 2 N–H and O–H groups in total. The number of esters is 1. The number of carbonyl (C=O) groups is 2. The van der Waals surface area contributed by atoms with Crippen molar-refractivity contribution in [2.24, 2.45) is 4.99 Å². The Bertz CT molecular complexity index is 1210. The third kappa shape index (κ3) is 6.35. The monoisotopic (exact) mass is 550 g/mol. The smallest absolute Gasteiger partial charge is 0.338 e. The van der Waals surface area contributed by atoms with E-state index in [0.717, 1.165) is 0 Å². The number of benzene rings is 1. The summed E-state index contributed by atoms with van der Waals surface area (Å²) in [4.78, 5) is 35.9. The van der Waals surface area contributed by atoms with E-state index in [0.29, 0.717) is 41.7 Å². The van der Waals surface area contributed by atoms with E-state index in [9.17, 15) is 19.1 Å². The molecule has 3 heterocycles. The second kappa shape index (κ2) is 12.1. The molecular formula is C25H28ClFN4O5S. The highest BCUT2D eigenvalue weighted by Crippen LogP contribution is 2.37. The normalized spacial score (nSPS) is 22.4. The molecule has 1 fully saturated rings. The minimum absolute atomic E-state index is 0.00822. The molecule has 0 radical (unpaired) electrons. The molecule has 0 bridgehead atoms. The third-order valence-corrected chi connectivity index (χ3v) is 7.41. The summed E-state index contributed by atoms with van der Waals surface area (Å²) < 4.78 is 25.1. The van der Waals surface area contributed by atoms with Crippen LogP contribution in [0.5, 0.6) is 0 Å². The molecule has 4 rings (SSSR count). The maximum Gasteiger partial charge on any atom is 0.338 e. The van der Waals surface area contributed by atoms with Gasteiger partial charge in [0.15, 0.2) is 10.8 Å². The number of rotatable bonds is 9. The van der Waals surface area contributed by atoms with Crippen LogP contribution in [0.25, 0.3) is 0 Å². The lowest BCUT2D eigenvalue weighted by atomic mass is 9.94. The van der Waals surface area contributed by atoms with Gasteiger partial charge in [0, 0.05) is 53.4 Å². The van der Waals surface area contributed by atoms with Crippen LogP contribution in [0.4, 0.5) is 4.39 Å². The first-order valence-corrected chi connectivity index (χ1v) is 13.2. The van der Waals surface area contributed by atoms with Crippen molar-refractivity contribution in [1.82, 2.24) is 15.2 Å². The van der Waals surface area contributed by atoms with Crippen LogP contribution >= 0.6 is 22.9 Å². The van der Waals surface area contributed by atoms with E-state index in [1.54, 1.807) is 13.1 Å². The number of morpholine rings is 1. The van der Waals surface area contributed by atoms with Gasteiger partial charge < -0.3 is 19.9 Å². The van der Waals surface area contributed by atoms with Gasteiger partial charge in [0.25, 0.3) is 0 Å². The summed E-state index contributed by atoms with van der Waals surface area (Å²) >= 11 is 7.81. The number of carboxylic acids is 1. The van der Waals surface area contributed by atoms with E-state index in [4.69, 9.17) is 26.1 Å². The van der Waals surface area contributed by atoms with E-state index in [2.05, 4.69) is 15.2 Å². The number of hydrogen-bond acceptors (Lipinski definition) is 9. The highest BCUT2D eigenvalue weighted by molar-refractivity contribution is 7.11. The largest absolute Gasteiger partial charge is 0.481 e. The molecule has 0 saturated carbocycles. The molecule has 0 unspecified atom stereocenters. The zero-order valence-corrected chi connectivity index (χ0v) is 22.0. The summed E-state index contributed by atoms with van der Waals surface area (Å²) in [5, 5.41) is 15.1. The number of thiazole rings is 1. The molecular weight excluding hydrogens is 523 g/mol. The van der Waals surface area contributed by atoms with Crippen LogP contribution in [0.3, 0.4) is 0 Å². The Morgan fingerprint density at radius 2 is 2.22 bits per heavy atom. The predicted molar refractivity (Wildman–Crippen MR) is 137 cm³/mol. The van der Waals surface area contributed by atoms with E-state index in [1.165, 1.54) is 29.5 Å². The van der Waals surface area contributed by atoms with Gasteiger partial charge in [-0.1, -0.05) is 17.7 Å². The molecule has 3 atom stereocenters. The zero-order chi connectivity index (χ0) is 26.5. The van der Waals surface area contributed by atoms with Crippen molar-refractivity contribution in [3.63, 3.8) is 0 Å². The molecule has 2 aliphatic heterocycles. The highest BCUT2D eigenvalue weighted by Gasteiger charge is 2.37. The number of ether oxygens (including phenoxy) is 2. The summed E-state index contributed by atoms with van der Waals surface area (Å²) in [6.45, 7) is 5.07. The quantitative estimate of drug-likeness (QED) is 0.453. The molecule has 0 spiro atoms. The van der Waals surface area contributed by atoms with E-state index in [1.807, 2.05) is 12.3 Å². The Kier molecular flexibility index (Phi) is 8.91. The average molecular weight is 551 g/mol. The average Bonchev–Trinajstić information content (AvgIpc) is 3.38. The number of nitrogens with zero attached hydrogens (tertiary/aromatic N) is 3. The van der Waals surface area contributed by atoms with Crippen molar-refractivity contribution >= 4 is 40.7 Å². The first kappa shape index (κ1) is 27.2. The Morgan fingerprint density at radius 3 is 2.89 bits per heavy atom. The van der Waals surface area contributed by atoms with Gasteiger partial charge in [-0.3, -0.25) is 14.7 Å². The lowest BCUT2D eigenvalue weighted by Gasteiger charge is -2.41. The molecule has 1 aromatic carbocycles. The lowest BCUT2D eigenvalue weighted by Crippen LogP contribution is -2.52. The van der Waals surface area contributed by atoms with Crippen LogP contribution in [0, 0.1) is 5.82 Å². The minimum atomic E-state index is -0.885. The number of halogens is 2. The van der Waals surface area contributed by atoms with E-state index < -0.39 is 23.8 Å². The molecule has 0 amide bonds. The van der Waals surface area contributed by atoms with Crippen LogP contribution in [-0.4, -0.2) is 71.2 Å². The van der Waals surface area contributed by atoms with Crippen molar-refractivity contribution in [3.05, 3.63) is 62.5 Å². The molecule has 0 aliphatic carbocycles. The molecule has 12 heteroatoms. The summed E-state index contributed by atoms with van der Waals surface area (Å²) in [5.41, 5.74) is 1.25. The van der Waals surface area contributed by atoms with Crippen LogP contribution in [0.1, 0.15) is 43.3 Å². The van der Waals surface area contributed by atoms with Crippen molar-refractivity contribution in [2.45, 2.75) is 44.9 Å². The fraction of sp³-hybridized carbons (Fsp3) is 0.440. The summed E-state index contributed by atoms with van der Waals surface area (Å²) in [5.74, 6) is -1.51. The van der Waals surface area contributed by atoms with Crippen molar-refractivity contribution in [2.75, 3.05) is 26.3 Å². The number of nitrogens with one attached hydrogen (secondary N) is 1. The second-order valence-corrected chi connectivity index (χ2v) is 9.97. The Hall–Kier alpha value is -2.86. The first-order valence-electron chi connectivity index (χ1n) is 12.0. The van der Waals surface area contributed by atoms with Gasteiger partial charge in [0.1, 0.15) is 11.9 Å². The molecule has 9 nitrogen and oxygen atoms in total. The van der Waals surface area contributed by atoms with Gasteiger partial charge in [-0.25, -0.2) is 14.2 Å². The van der Waals surface area contributed by atoms with Crippen LogP contribution in [0.2, 0.25) is 5.02 Å². The van der Waals surface area contributed by atoms with Gasteiger partial charge in [0.2, 0.25) is 0 Å². The number of aromatic nitrogens is 1. The Labute approximate surface area is 223 Å². The van der Waals surface area contributed by atoms with E-state index >= 15 is 0 Å². The number of hydrogen-bond donors (Lipinski definition) is 2. The maximum absolute atomic E-state index is 13.9. The highest BCUT2D eigenvalue weighted by atomic mass is 35.5. The van der Waals surface area contributed by atoms with Gasteiger partial charge in [0.05, 0.1) is 24.9 Å². The molecule has 1 aromatic heterocycles. The Balaban J connectivity index is 1.79. The molecule has 1 saturated heterocycles. The number of carbonyl (C=O) groups excluding carboxylic acids is 1. The van der Waals surface area contributed by atoms with Gasteiger partial charge in [-0.2, -0.15) is 0 Å². The van der Waals surface area contributed by atoms with Crippen molar-refractivity contribution in [3.8, 4) is 0 Å². The number of aliphatic carboxylic acids is 1. The number of aliphatic imine (C=N–C) groups is 1. The van der Waals surface area contributed by atoms with Crippen molar-refractivity contribution in [1.29, 1.82) is 0 Å². The van der Waals surface area contributed by atoms with E-state index in [-0.39, 0.29) is 42.3 Å². The van der Waals surface area contributed by atoms with Crippen LogP contribution in [0.15, 0.2) is 46.0 Å². The van der Waals surface area contributed by atoms with Gasteiger partial charge >= 0.3 is 11.9 Å². The molecule has 2 aliphatic rings. The van der Waals surface area contributed by atoms with Crippen LogP contribution in [-0.2, 0) is 19.1 Å². The van der Waals surface area contributed by atoms with Crippen molar-refractivity contribution < 1.29 is 28.6 Å². The first-order chi connectivity index (χ1) is 17.8. The van der Waals surface area contributed by atoms with Crippen LogP contribution < -0.4 is 5.32 Å². The third-order valence-electron chi connectivity index (χ3n) is 6.30. The standard InChI is InChI=1S/C25H28ClFN4O5S/c1-3-35-25(34)21-18(13-31-9-10-36-14(2)19(31)6-7-20(32)33)29-23(24-28-8-11-37-24)30-22(21)16-5-4-15(27)12-17(16)26/h4-5,8,11-12,14,19,22H,3,6-7,9-10,13H2,1-2H3,(H,29,30)(H,32,33)/t14-,19-,22+/m1/s1. The number of carboxylic acid groups (broad SMARTS) is 1. The fourth-order valence-electron chi connectivity index (χ4n) is 4.58. The molecule has 37 heavy (non-hydrogen) atoms. The zero-order valence-electron chi connectivity index (χ0n) is 20.4. The fourth-order valence-corrected chi connectivity index (χ4v) is 5.44. The SMILES string of the molecule is CCOC(=O)C1=C(CN2CCO[C@H](C)[C@H]2CCC(=O)O)NC(c2nccs2)=N[C@H]1c1ccc(F)cc1Cl. The maximum atomic E-state index is 13.9. The lowest BCUT2D eigenvalue weighted by molar-refractivity contribution is -0.139. The van der Waals surface area contributed by atoms with Gasteiger partial charge in [-0.15, -0.1) is 11.3 Å². The summed E-state index contributed by atoms with van der Waals surface area (Å²) in [7, 11) is 0. The number of amidine groups is 1. The molecule has 2 aromatic rings. The minimum Gasteiger partial charge on any atom is -0.481 e. The summed E-state index contributed by atoms with van der Waals surface area (Å²) in [6.07, 6.45) is 1.84. The predicted octanol–water partition coefficient (Wildman–Crippen LogP) is 3.80. The Morgan fingerprint density at radius 1 is 1.41 bits per heavy atom. The second-order valence-electron chi connectivity index (χ2n) is 8.67. The van der Waals surface area contributed by atoms with Gasteiger partial charge in [-0.05, 0) is 32.4 Å².